The molecule has 4 aromatic rings. The van der Waals surface area contributed by atoms with Gasteiger partial charge in [-0.3, -0.25) is 4.98 Å². The third kappa shape index (κ3) is 9.82. The third-order valence-corrected chi connectivity index (χ3v) is 8.34. The second-order valence-corrected chi connectivity index (χ2v) is 13.2. The Labute approximate surface area is 278 Å². The van der Waals surface area contributed by atoms with Crippen molar-refractivity contribution in [3.05, 3.63) is 114 Å². The van der Waals surface area contributed by atoms with Gasteiger partial charge in [0.1, 0.15) is 11.4 Å². The first-order valence-electron chi connectivity index (χ1n) is 16.4. The number of nitrogens with zero attached hydrogens (tertiary/aromatic N) is 3. The number of aromatic nitrogens is 1. The molecule has 246 valence electrons. The molecule has 0 spiro atoms. The van der Waals surface area contributed by atoms with Gasteiger partial charge < -0.3 is 24.6 Å². The second kappa shape index (κ2) is 15.6. The van der Waals surface area contributed by atoms with E-state index < -0.39 is 5.60 Å². The van der Waals surface area contributed by atoms with Crippen molar-refractivity contribution < 1.29 is 19.1 Å². The molecule has 3 aromatic carbocycles. The minimum atomic E-state index is -0.532. The molecule has 1 aliphatic carbocycles. The van der Waals surface area contributed by atoms with Crippen LogP contribution in [0.3, 0.4) is 0 Å². The Morgan fingerprint density at radius 3 is 1.94 bits per heavy atom. The van der Waals surface area contributed by atoms with Crippen LogP contribution in [0.25, 0.3) is 11.1 Å². The van der Waals surface area contributed by atoms with E-state index in [0.717, 1.165) is 59.3 Å². The number of ether oxygens (including phenoxy) is 2. The largest absolute Gasteiger partial charge is 0.497 e. The molecular weight excluding hydrogens is 588 g/mol. The molecule has 0 aliphatic heterocycles. The summed E-state index contributed by atoms with van der Waals surface area (Å²) in [6, 6.07) is 27.8. The summed E-state index contributed by atoms with van der Waals surface area (Å²) in [7, 11) is 1.61. The Morgan fingerprint density at radius 1 is 0.787 bits per heavy atom. The molecule has 1 aliphatic rings. The van der Waals surface area contributed by atoms with E-state index in [1.54, 1.807) is 24.4 Å². The molecule has 0 bridgehead atoms. The van der Waals surface area contributed by atoms with Crippen molar-refractivity contribution in [3.8, 4) is 16.9 Å². The van der Waals surface area contributed by atoms with Gasteiger partial charge in [-0.15, -0.1) is 0 Å². The van der Waals surface area contributed by atoms with Crippen LogP contribution in [0, 0.1) is 0 Å². The maximum atomic E-state index is 13.4. The molecular formula is C39H46N4O4. The SMILES string of the molecule is COc1ccc(NC(=O)N(Cc2ccc(-c3ccc(CN(C(=O)OC(C)(C)C)C4CCCCC4)cc3)cc2)Cc2cccnc2)cc1. The molecule has 1 N–H and O–H groups in total. The van der Waals surface area contributed by atoms with Crippen LogP contribution in [0.2, 0.25) is 0 Å². The summed E-state index contributed by atoms with van der Waals surface area (Å²) in [6.45, 7) is 7.13. The van der Waals surface area contributed by atoms with Gasteiger partial charge >= 0.3 is 12.1 Å². The second-order valence-electron chi connectivity index (χ2n) is 13.2. The fourth-order valence-electron chi connectivity index (χ4n) is 5.87. The van der Waals surface area contributed by atoms with Crippen LogP contribution in [0.15, 0.2) is 97.3 Å². The van der Waals surface area contributed by atoms with E-state index in [-0.39, 0.29) is 18.2 Å². The van der Waals surface area contributed by atoms with Gasteiger partial charge in [-0.2, -0.15) is 0 Å². The van der Waals surface area contributed by atoms with Gasteiger partial charge in [0.2, 0.25) is 0 Å². The number of hydrogen-bond donors (Lipinski definition) is 1. The Balaban J connectivity index is 1.26. The van der Waals surface area contributed by atoms with Crippen LogP contribution < -0.4 is 10.1 Å². The fraction of sp³-hybridized carbons (Fsp3) is 0.359. The summed E-state index contributed by atoms with van der Waals surface area (Å²) in [5.41, 5.74) is 5.37. The Morgan fingerprint density at radius 2 is 1.38 bits per heavy atom. The van der Waals surface area contributed by atoms with Crippen LogP contribution in [0.1, 0.15) is 69.6 Å². The summed E-state index contributed by atoms with van der Waals surface area (Å²) < 4.78 is 11.0. The molecule has 3 amide bonds. The number of nitrogens with one attached hydrogen (secondary N) is 1. The molecule has 1 aromatic heterocycles. The summed E-state index contributed by atoms with van der Waals surface area (Å²) in [5, 5.41) is 3.01. The highest BCUT2D eigenvalue weighted by atomic mass is 16.6. The molecule has 1 heterocycles. The molecule has 1 saturated carbocycles. The van der Waals surface area contributed by atoms with E-state index in [1.165, 1.54) is 6.42 Å². The van der Waals surface area contributed by atoms with Crippen molar-refractivity contribution in [2.45, 2.75) is 84.2 Å². The maximum Gasteiger partial charge on any atom is 0.410 e. The first-order valence-corrected chi connectivity index (χ1v) is 16.4. The number of rotatable bonds is 10. The average molecular weight is 635 g/mol. The molecule has 0 saturated heterocycles. The minimum Gasteiger partial charge on any atom is -0.497 e. The molecule has 8 heteroatoms. The van der Waals surface area contributed by atoms with Crippen molar-refractivity contribution in [3.63, 3.8) is 0 Å². The first-order chi connectivity index (χ1) is 22.7. The van der Waals surface area contributed by atoms with E-state index in [1.807, 2.05) is 62.1 Å². The number of benzene rings is 3. The van der Waals surface area contributed by atoms with Gasteiger partial charge in [0.25, 0.3) is 0 Å². The monoisotopic (exact) mass is 634 g/mol. The van der Waals surface area contributed by atoms with E-state index >= 15 is 0 Å². The summed E-state index contributed by atoms with van der Waals surface area (Å²) >= 11 is 0. The number of carbonyl (C=O) groups is 2. The zero-order valence-electron chi connectivity index (χ0n) is 27.9. The predicted molar refractivity (Wildman–Crippen MR) is 186 cm³/mol. The van der Waals surface area contributed by atoms with E-state index in [2.05, 4.69) is 58.8 Å². The lowest BCUT2D eigenvalue weighted by molar-refractivity contribution is 0.00988. The van der Waals surface area contributed by atoms with Crippen molar-refractivity contribution in [1.82, 2.24) is 14.8 Å². The summed E-state index contributed by atoms with van der Waals surface area (Å²) in [4.78, 5) is 34.5. The van der Waals surface area contributed by atoms with Gasteiger partial charge in [0.15, 0.2) is 0 Å². The number of amides is 3. The zero-order valence-corrected chi connectivity index (χ0v) is 27.9. The molecule has 5 rings (SSSR count). The first kappa shape index (κ1) is 33.5. The van der Waals surface area contributed by atoms with Gasteiger partial charge in [-0.25, -0.2) is 9.59 Å². The maximum absolute atomic E-state index is 13.4. The number of urea groups is 1. The highest BCUT2D eigenvalue weighted by Crippen LogP contribution is 2.27. The highest BCUT2D eigenvalue weighted by molar-refractivity contribution is 5.89. The van der Waals surface area contributed by atoms with Gasteiger partial charge in [0.05, 0.1) is 7.11 Å². The summed E-state index contributed by atoms with van der Waals surface area (Å²) in [5.74, 6) is 0.729. The van der Waals surface area contributed by atoms with Crippen LogP contribution in [0.5, 0.6) is 5.75 Å². The van der Waals surface area contributed by atoms with Crippen molar-refractivity contribution in [2.75, 3.05) is 12.4 Å². The number of pyridine rings is 1. The Hall–Kier alpha value is -4.85. The van der Waals surface area contributed by atoms with E-state index in [0.29, 0.717) is 25.3 Å². The third-order valence-electron chi connectivity index (χ3n) is 8.34. The van der Waals surface area contributed by atoms with Crippen LogP contribution >= 0.6 is 0 Å². The lowest BCUT2D eigenvalue weighted by Crippen LogP contribution is -2.43. The molecule has 47 heavy (non-hydrogen) atoms. The van der Waals surface area contributed by atoms with Crippen molar-refractivity contribution in [2.24, 2.45) is 0 Å². The molecule has 1 fully saturated rings. The summed E-state index contributed by atoms with van der Waals surface area (Å²) in [6.07, 6.45) is 8.83. The smallest absolute Gasteiger partial charge is 0.410 e. The van der Waals surface area contributed by atoms with Crippen molar-refractivity contribution >= 4 is 17.8 Å². The molecule has 0 atom stereocenters. The van der Waals surface area contributed by atoms with E-state index in [9.17, 15) is 9.59 Å². The van der Waals surface area contributed by atoms with Gasteiger partial charge in [-0.1, -0.05) is 73.9 Å². The van der Waals surface area contributed by atoms with Crippen LogP contribution in [0.4, 0.5) is 15.3 Å². The molecule has 0 radical (unpaired) electrons. The van der Waals surface area contributed by atoms with Crippen molar-refractivity contribution in [1.29, 1.82) is 0 Å². The topological polar surface area (TPSA) is 84.0 Å². The average Bonchev–Trinajstić information content (AvgIpc) is 3.08. The predicted octanol–water partition coefficient (Wildman–Crippen LogP) is 9.06. The molecule has 0 unspecified atom stereocenters. The highest BCUT2D eigenvalue weighted by Gasteiger charge is 2.29. The van der Waals surface area contributed by atoms with E-state index in [4.69, 9.17) is 9.47 Å². The lowest BCUT2D eigenvalue weighted by Gasteiger charge is -2.35. The minimum absolute atomic E-state index is 0.202. The number of methoxy groups -OCH3 is 1. The fourth-order valence-corrected chi connectivity index (χ4v) is 5.87. The van der Waals surface area contributed by atoms with Gasteiger partial charge in [0, 0.05) is 43.8 Å². The van der Waals surface area contributed by atoms with Crippen LogP contribution in [-0.4, -0.2) is 45.7 Å². The number of hydrogen-bond acceptors (Lipinski definition) is 5. The standard InChI is InChI=1S/C39H46N4O4/c1-39(2,3)47-38(45)43(35-10-6-5-7-11-35)28-30-14-18-33(19-15-30)32-16-12-29(13-17-32)26-42(27-31-9-8-24-40-25-31)37(44)41-34-20-22-36(46-4)23-21-34/h8-9,12-25,35H,5-7,10-11,26-28H2,1-4H3,(H,41,44). The lowest BCUT2D eigenvalue weighted by atomic mass is 9.94. The normalized spacial score (nSPS) is 13.4. The Bertz CT molecular complexity index is 1580. The quantitative estimate of drug-likeness (QED) is 0.188. The zero-order chi connectivity index (χ0) is 33.2. The van der Waals surface area contributed by atoms with Crippen LogP contribution in [-0.2, 0) is 24.4 Å². The number of anilines is 1. The Kier molecular flexibility index (Phi) is 11.1. The van der Waals surface area contributed by atoms with Gasteiger partial charge in [-0.05, 0) is 91.8 Å². The molecule has 8 nitrogen and oxygen atoms in total. The number of carbonyl (C=O) groups excluding carboxylic acids is 2.